The third-order valence-corrected chi connectivity index (χ3v) is 6.95. The molecule has 0 heterocycles. The maximum absolute atomic E-state index is 11.8. The number of unbranched alkanes of at least 4 members (excludes halogenated alkanes) is 11. The Labute approximate surface area is 192 Å². The molecule has 0 saturated carbocycles. The molecule has 0 rings (SSSR count). The molecular weight excluding hydrogens is 409 g/mol. The van der Waals surface area contributed by atoms with Crippen LogP contribution >= 0.6 is 7.60 Å². The lowest BCUT2D eigenvalue weighted by molar-refractivity contribution is -0.875. The van der Waals surface area contributed by atoms with Gasteiger partial charge in [-0.3, -0.25) is 4.57 Å². The van der Waals surface area contributed by atoms with E-state index in [0.717, 1.165) is 25.7 Å². The van der Waals surface area contributed by atoms with Gasteiger partial charge in [-0.15, -0.1) is 0 Å². The summed E-state index contributed by atoms with van der Waals surface area (Å²) >= 11 is 0. The molecule has 0 aromatic carbocycles. The molecule has 1 atom stereocenters. The van der Waals surface area contributed by atoms with Crippen molar-refractivity contribution in [1.82, 2.24) is 0 Å². The maximum Gasteiger partial charge on any atom is 0.362 e. The van der Waals surface area contributed by atoms with Crippen LogP contribution in [0.25, 0.3) is 0 Å². The number of rotatable bonds is 20. The van der Waals surface area contributed by atoms with Crippen LogP contribution in [0.5, 0.6) is 0 Å². The van der Waals surface area contributed by atoms with Crippen molar-refractivity contribution in [1.29, 1.82) is 0 Å². The molecule has 0 amide bonds. The zero-order valence-corrected chi connectivity index (χ0v) is 21.7. The van der Waals surface area contributed by atoms with Crippen molar-refractivity contribution in [2.24, 2.45) is 0 Å². The first-order chi connectivity index (χ1) is 14.5. The highest BCUT2D eigenvalue weighted by Gasteiger charge is 2.48. The smallest absolute Gasteiger partial charge is 0.362 e. The summed E-state index contributed by atoms with van der Waals surface area (Å²) in [6, 6.07) is 0. The lowest BCUT2D eigenvalue weighted by Gasteiger charge is -2.35. The highest BCUT2D eigenvalue weighted by Crippen LogP contribution is 2.52. The summed E-state index contributed by atoms with van der Waals surface area (Å²) in [5.74, 6) is 0. The van der Waals surface area contributed by atoms with Crippen LogP contribution in [0.1, 0.15) is 103 Å². The largest absolute Gasteiger partial charge is 0.373 e. The first-order valence-corrected chi connectivity index (χ1v) is 14.0. The number of allylic oxidation sites excluding steroid dienone is 4. The fourth-order valence-electron chi connectivity index (χ4n) is 3.79. The van der Waals surface area contributed by atoms with Gasteiger partial charge in [0.25, 0.3) is 0 Å². The second kappa shape index (κ2) is 17.1. The minimum Gasteiger partial charge on any atom is -0.373 e. The molecule has 0 aliphatic rings. The summed E-state index contributed by atoms with van der Waals surface area (Å²) in [6.45, 7) is 2.26. The van der Waals surface area contributed by atoms with Gasteiger partial charge in [-0.2, -0.15) is 0 Å². The molecule has 0 radical (unpaired) electrons. The first-order valence-electron chi connectivity index (χ1n) is 12.4. The average Bonchev–Trinajstić information content (AvgIpc) is 2.65. The Balaban J connectivity index is 3.70. The van der Waals surface area contributed by atoms with E-state index in [1.165, 1.54) is 57.8 Å². The van der Waals surface area contributed by atoms with Crippen LogP contribution in [0.3, 0.4) is 0 Å². The topological polar surface area (TPSA) is 77.8 Å². The van der Waals surface area contributed by atoms with E-state index < -0.39 is 12.9 Å². The van der Waals surface area contributed by atoms with Crippen LogP contribution in [0.15, 0.2) is 24.3 Å². The Hall–Kier alpha value is -0.450. The predicted molar refractivity (Wildman–Crippen MR) is 133 cm³/mol. The van der Waals surface area contributed by atoms with Gasteiger partial charge in [-0.1, -0.05) is 69.8 Å². The van der Waals surface area contributed by atoms with Crippen LogP contribution in [-0.4, -0.2) is 52.4 Å². The predicted octanol–water partition coefficient (Wildman–Crippen LogP) is 6.54. The molecule has 0 aliphatic heterocycles. The molecule has 6 heteroatoms. The Kier molecular flexibility index (Phi) is 16.8. The van der Waals surface area contributed by atoms with Crippen molar-refractivity contribution in [2.75, 3.05) is 27.7 Å². The van der Waals surface area contributed by atoms with Crippen molar-refractivity contribution in [3.05, 3.63) is 24.3 Å². The lowest BCUT2D eigenvalue weighted by Crippen LogP contribution is -2.49. The summed E-state index contributed by atoms with van der Waals surface area (Å²) < 4.78 is 12.1. The van der Waals surface area contributed by atoms with Gasteiger partial charge in [0.05, 0.1) is 21.1 Å². The minimum atomic E-state index is -4.55. The van der Waals surface area contributed by atoms with Crippen molar-refractivity contribution in [3.63, 3.8) is 0 Å². The van der Waals surface area contributed by atoms with Gasteiger partial charge in [-0.05, 0) is 57.8 Å². The van der Waals surface area contributed by atoms with E-state index in [1.54, 1.807) is 0 Å². The van der Waals surface area contributed by atoms with E-state index in [2.05, 4.69) is 31.2 Å². The van der Waals surface area contributed by atoms with Gasteiger partial charge in [0, 0.05) is 0 Å². The summed E-state index contributed by atoms with van der Waals surface area (Å²) in [5.41, 5.74) is 0. The zero-order chi connectivity index (χ0) is 23.6. The van der Waals surface area contributed by atoms with Gasteiger partial charge >= 0.3 is 7.60 Å². The minimum absolute atomic E-state index is 0.0488. The standard InChI is InChI=1S/C25H50NO4P/c1-5-6-7-8-9-10-11-12-13-14-15-16-17-18-19-20-21-22-23-25(27,31(28,29)30)24-26(2,3)4/h7-8,17-18,27H,5-6,9-16,19-24H2,1-4H3,(H-,28,29,30)/p+1/b8-7-,18-17-. The Morgan fingerprint density at radius 3 is 1.48 bits per heavy atom. The third-order valence-electron chi connectivity index (χ3n) is 5.50. The second-order valence-corrected chi connectivity index (χ2v) is 11.9. The van der Waals surface area contributed by atoms with Gasteiger partial charge in [-0.25, -0.2) is 0 Å². The molecule has 3 N–H and O–H groups in total. The fraction of sp³-hybridized carbons (Fsp3) is 0.840. The zero-order valence-electron chi connectivity index (χ0n) is 20.8. The molecule has 5 nitrogen and oxygen atoms in total. The van der Waals surface area contributed by atoms with Crippen LogP contribution in [0.2, 0.25) is 0 Å². The summed E-state index contributed by atoms with van der Waals surface area (Å²) in [7, 11) is 0.942. The van der Waals surface area contributed by atoms with E-state index >= 15 is 0 Å². The molecule has 0 fully saturated rings. The number of quaternary nitrogens is 1. The average molecular weight is 461 g/mol. The summed E-state index contributed by atoms with van der Waals surface area (Å²) in [6.07, 6.45) is 25.5. The molecule has 0 spiro atoms. The van der Waals surface area contributed by atoms with Crippen LogP contribution in [0.4, 0.5) is 0 Å². The van der Waals surface area contributed by atoms with Crippen molar-refractivity contribution in [3.8, 4) is 0 Å². The van der Waals surface area contributed by atoms with Gasteiger partial charge in [0.15, 0.2) is 0 Å². The quantitative estimate of drug-likeness (QED) is 0.0834. The highest BCUT2D eigenvalue weighted by atomic mass is 31.2. The highest BCUT2D eigenvalue weighted by molar-refractivity contribution is 7.53. The molecule has 0 aliphatic carbocycles. The lowest BCUT2D eigenvalue weighted by atomic mass is 10.1. The van der Waals surface area contributed by atoms with Crippen LogP contribution in [-0.2, 0) is 4.57 Å². The van der Waals surface area contributed by atoms with Crippen LogP contribution in [0, 0.1) is 0 Å². The van der Waals surface area contributed by atoms with Gasteiger partial charge in [0.2, 0.25) is 5.34 Å². The third kappa shape index (κ3) is 17.7. The summed E-state index contributed by atoms with van der Waals surface area (Å²) in [5, 5.41) is 8.60. The Bertz CT molecular complexity index is 536. The van der Waals surface area contributed by atoms with E-state index in [-0.39, 0.29) is 13.0 Å². The molecule has 31 heavy (non-hydrogen) atoms. The number of hydrogen-bond donors (Lipinski definition) is 3. The van der Waals surface area contributed by atoms with Crippen molar-refractivity contribution in [2.45, 2.75) is 109 Å². The van der Waals surface area contributed by atoms with E-state index in [1.807, 2.05) is 21.1 Å². The molecule has 0 aromatic heterocycles. The molecular formula is C25H51NO4P+. The molecule has 0 bridgehead atoms. The fourth-order valence-corrected chi connectivity index (χ4v) is 4.85. The maximum atomic E-state index is 11.8. The SMILES string of the molecule is CCC/C=C\CCCCCCCC/C=C\CCCCCC(O)(C[N+](C)(C)C)P(=O)(O)O. The number of hydrogen-bond acceptors (Lipinski definition) is 2. The second-order valence-electron chi connectivity index (χ2n) is 10.0. The van der Waals surface area contributed by atoms with Gasteiger partial charge in [0.1, 0.15) is 6.54 Å². The Morgan fingerprint density at radius 2 is 1.10 bits per heavy atom. The number of aliphatic hydroxyl groups is 1. The number of nitrogens with zero attached hydrogens (tertiary/aromatic N) is 1. The van der Waals surface area contributed by atoms with Crippen LogP contribution < -0.4 is 0 Å². The van der Waals surface area contributed by atoms with E-state index in [4.69, 9.17) is 0 Å². The molecule has 0 aromatic rings. The van der Waals surface area contributed by atoms with Crippen molar-refractivity contribution >= 4 is 7.60 Å². The monoisotopic (exact) mass is 460 g/mol. The van der Waals surface area contributed by atoms with E-state index in [0.29, 0.717) is 10.9 Å². The normalized spacial score (nSPS) is 15.2. The Morgan fingerprint density at radius 1 is 0.710 bits per heavy atom. The van der Waals surface area contributed by atoms with E-state index in [9.17, 15) is 19.5 Å². The molecule has 0 saturated heterocycles. The van der Waals surface area contributed by atoms with Gasteiger partial charge < -0.3 is 19.4 Å². The summed E-state index contributed by atoms with van der Waals surface area (Å²) in [4.78, 5) is 19.2. The first kappa shape index (κ1) is 30.6. The molecule has 184 valence electrons. The molecule has 1 unspecified atom stereocenters. The van der Waals surface area contributed by atoms with Crippen molar-refractivity contribution < 1.29 is 23.9 Å². The number of likely N-dealkylation sites (N-methyl/N-ethyl adjacent to an activating group) is 1.